The van der Waals surface area contributed by atoms with Crippen LogP contribution < -0.4 is 16.0 Å². The number of nitrogens with one attached hydrogen (secondary N) is 4. The Bertz CT molecular complexity index is 874. The summed E-state index contributed by atoms with van der Waals surface area (Å²) in [5, 5.41) is 18.9. The lowest BCUT2D eigenvalue weighted by Gasteiger charge is -2.25. The zero-order valence-electron chi connectivity index (χ0n) is 14.4. The van der Waals surface area contributed by atoms with Gasteiger partial charge >= 0.3 is 0 Å². The van der Waals surface area contributed by atoms with Gasteiger partial charge in [-0.15, -0.1) is 0 Å². The summed E-state index contributed by atoms with van der Waals surface area (Å²) in [7, 11) is 0. The first-order valence-electron chi connectivity index (χ1n) is 8.83. The molecule has 0 aliphatic carbocycles. The number of fused-ring (bicyclic) bond motifs is 1. The molecule has 0 spiro atoms. The fourth-order valence-corrected chi connectivity index (χ4v) is 3.06. The summed E-state index contributed by atoms with van der Waals surface area (Å²) in [5.74, 6) is 1.20. The van der Waals surface area contributed by atoms with Gasteiger partial charge in [0.2, 0.25) is 5.95 Å². The summed E-state index contributed by atoms with van der Waals surface area (Å²) in [6.07, 6.45) is 7.50. The number of aromatic nitrogens is 5. The van der Waals surface area contributed by atoms with Crippen molar-refractivity contribution in [2.75, 3.05) is 36.9 Å². The van der Waals surface area contributed by atoms with Gasteiger partial charge in [-0.3, -0.25) is 0 Å². The van der Waals surface area contributed by atoms with Crippen LogP contribution in [0.2, 0.25) is 0 Å². The summed E-state index contributed by atoms with van der Waals surface area (Å²) < 4.78 is 0. The van der Waals surface area contributed by atoms with Gasteiger partial charge in [0, 0.05) is 31.5 Å². The number of aliphatic hydroxyl groups is 1. The van der Waals surface area contributed by atoms with Crippen LogP contribution in [0.15, 0.2) is 24.7 Å². The van der Waals surface area contributed by atoms with E-state index in [1.807, 2.05) is 12.3 Å². The number of H-pyrrole nitrogens is 1. The van der Waals surface area contributed by atoms with Gasteiger partial charge in [0.05, 0.1) is 24.1 Å². The van der Waals surface area contributed by atoms with Crippen molar-refractivity contribution in [1.82, 2.24) is 30.2 Å². The molecule has 0 bridgehead atoms. The Morgan fingerprint density at radius 3 is 3.04 bits per heavy atom. The van der Waals surface area contributed by atoms with Gasteiger partial charge < -0.3 is 26.0 Å². The molecular formula is C17H22N8O. The van der Waals surface area contributed by atoms with Crippen molar-refractivity contribution in [2.45, 2.75) is 18.9 Å². The molecule has 1 fully saturated rings. The third kappa shape index (κ3) is 3.58. The average Bonchev–Trinajstić information content (AvgIpc) is 3.15. The Balaban J connectivity index is 1.68. The highest BCUT2D eigenvalue weighted by atomic mass is 16.3. The van der Waals surface area contributed by atoms with E-state index in [0.717, 1.165) is 54.2 Å². The SMILES string of the molecule is OCCNc1ncc(-c2cnc3[nH]ccc3n2)c(N[C@H]2CCCNC2)n1. The maximum Gasteiger partial charge on any atom is 0.224 e. The molecule has 4 heterocycles. The van der Waals surface area contributed by atoms with Crippen LogP contribution >= 0.6 is 0 Å². The monoisotopic (exact) mass is 354 g/mol. The summed E-state index contributed by atoms with van der Waals surface area (Å²) in [5.41, 5.74) is 3.08. The maximum atomic E-state index is 9.01. The number of aromatic amines is 1. The maximum absolute atomic E-state index is 9.01. The lowest BCUT2D eigenvalue weighted by Crippen LogP contribution is -2.38. The topological polar surface area (TPSA) is 124 Å². The van der Waals surface area contributed by atoms with Gasteiger partial charge in [0.25, 0.3) is 0 Å². The Kier molecular flexibility index (Phi) is 4.89. The number of anilines is 2. The number of aliphatic hydroxyl groups excluding tert-OH is 1. The first kappa shape index (κ1) is 16.7. The molecule has 9 nitrogen and oxygen atoms in total. The van der Waals surface area contributed by atoms with Gasteiger partial charge in [0.15, 0.2) is 5.65 Å². The standard InChI is InChI=1S/C17H22N8O/c26-7-6-20-17-22-9-12(14-10-21-16-13(24-14)3-5-19-16)15(25-17)23-11-2-1-4-18-8-11/h3,5,9-11,18,26H,1-2,4,6-8H2,(H,19,21)(H2,20,22,23,25)/t11-/m0/s1. The van der Waals surface area contributed by atoms with E-state index in [2.05, 4.69) is 40.9 Å². The lowest BCUT2D eigenvalue weighted by atomic mass is 10.1. The van der Waals surface area contributed by atoms with Gasteiger partial charge in [-0.05, 0) is 25.5 Å². The second kappa shape index (κ2) is 7.63. The molecule has 0 aromatic carbocycles. The molecule has 0 radical (unpaired) electrons. The van der Waals surface area contributed by atoms with Crippen LogP contribution in [0, 0.1) is 0 Å². The molecule has 1 saturated heterocycles. The molecule has 1 aliphatic rings. The molecule has 1 aliphatic heterocycles. The van der Waals surface area contributed by atoms with Crippen molar-refractivity contribution in [3.63, 3.8) is 0 Å². The highest BCUT2D eigenvalue weighted by molar-refractivity contribution is 5.78. The van der Waals surface area contributed by atoms with Crippen molar-refractivity contribution >= 4 is 22.9 Å². The van der Waals surface area contributed by atoms with Crippen molar-refractivity contribution in [3.05, 3.63) is 24.7 Å². The van der Waals surface area contributed by atoms with Crippen LogP contribution in [0.3, 0.4) is 0 Å². The molecule has 3 aromatic heterocycles. The Labute approximate surface area is 150 Å². The lowest BCUT2D eigenvalue weighted by molar-refractivity contribution is 0.311. The molecule has 4 rings (SSSR count). The van der Waals surface area contributed by atoms with Crippen molar-refractivity contribution in [3.8, 4) is 11.3 Å². The number of hydrogen-bond donors (Lipinski definition) is 5. The van der Waals surface area contributed by atoms with Crippen molar-refractivity contribution in [2.24, 2.45) is 0 Å². The van der Waals surface area contributed by atoms with E-state index < -0.39 is 0 Å². The molecule has 136 valence electrons. The van der Waals surface area contributed by atoms with E-state index >= 15 is 0 Å². The van der Waals surface area contributed by atoms with Crippen LogP contribution in [0.1, 0.15) is 12.8 Å². The van der Waals surface area contributed by atoms with E-state index in [1.54, 1.807) is 12.4 Å². The highest BCUT2D eigenvalue weighted by Crippen LogP contribution is 2.27. The number of nitrogens with zero attached hydrogens (tertiary/aromatic N) is 4. The van der Waals surface area contributed by atoms with Gasteiger partial charge in [0.1, 0.15) is 11.3 Å². The fourth-order valence-electron chi connectivity index (χ4n) is 3.06. The highest BCUT2D eigenvalue weighted by Gasteiger charge is 2.18. The van der Waals surface area contributed by atoms with E-state index in [0.29, 0.717) is 18.5 Å². The van der Waals surface area contributed by atoms with E-state index in [-0.39, 0.29) is 6.61 Å². The number of hydrogen-bond acceptors (Lipinski definition) is 8. The normalized spacial score (nSPS) is 17.3. The second-order valence-electron chi connectivity index (χ2n) is 6.26. The minimum absolute atomic E-state index is 0.0239. The largest absolute Gasteiger partial charge is 0.395 e. The van der Waals surface area contributed by atoms with Crippen LogP contribution in [-0.2, 0) is 0 Å². The first-order valence-corrected chi connectivity index (χ1v) is 8.83. The van der Waals surface area contributed by atoms with Crippen LogP contribution in [0.4, 0.5) is 11.8 Å². The summed E-state index contributed by atoms with van der Waals surface area (Å²) in [6.45, 7) is 2.37. The summed E-state index contributed by atoms with van der Waals surface area (Å²) in [4.78, 5) is 21.1. The van der Waals surface area contributed by atoms with Crippen LogP contribution in [0.25, 0.3) is 22.4 Å². The van der Waals surface area contributed by atoms with Crippen LogP contribution in [0.5, 0.6) is 0 Å². The quantitative estimate of drug-likeness (QED) is 0.444. The molecule has 9 heteroatoms. The predicted octanol–water partition coefficient (Wildman–Crippen LogP) is 0.983. The zero-order chi connectivity index (χ0) is 17.8. The predicted molar refractivity (Wildman–Crippen MR) is 100 cm³/mol. The minimum Gasteiger partial charge on any atom is -0.395 e. The third-order valence-corrected chi connectivity index (χ3v) is 4.36. The molecule has 1 atom stereocenters. The van der Waals surface area contributed by atoms with Gasteiger partial charge in [-0.1, -0.05) is 0 Å². The number of rotatable bonds is 6. The Morgan fingerprint density at radius 2 is 2.19 bits per heavy atom. The molecule has 26 heavy (non-hydrogen) atoms. The molecule has 0 unspecified atom stereocenters. The van der Waals surface area contributed by atoms with E-state index in [4.69, 9.17) is 5.11 Å². The molecule has 0 saturated carbocycles. The summed E-state index contributed by atoms with van der Waals surface area (Å²) >= 11 is 0. The molecule has 0 amide bonds. The molecular weight excluding hydrogens is 332 g/mol. The molecule has 5 N–H and O–H groups in total. The third-order valence-electron chi connectivity index (χ3n) is 4.36. The van der Waals surface area contributed by atoms with Crippen molar-refractivity contribution < 1.29 is 5.11 Å². The van der Waals surface area contributed by atoms with Gasteiger partial charge in [-0.2, -0.15) is 4.98 Å². The smallest absolute Gasteiger partial charge is 0.224 e. The fraction of sp³-hybridized carbons (Fsp3) is 0.412. The first-order chi connectivity index (χ1) is 12.8. The van der Waals surface area contributed by atoms with E-state index in [1.165, 1.54) is 0 Å². The molecule has 3 aromatic rings. The van der Waals surface area contributed by atoms with E-state index in [9.17, 15) is 0 Å². The summed E-state index contributed by atoms with van der Waals surface area (Å²) in [6, 6.07) is 2.19. The van der Waals surface area contributed by atoms with Gasteiger partial charge in [-0.25, -0.2) is 15.0 Å². The van der Waals surface area contributed by atoms with Crippen molar-refractivity contribution in [1.29, 1.82) is 0 Å². The Hall–Kier alpha value is -2.78. The Morgan fingerprint density at radius 1 is 1.23 bits per heavy atom. The average molecular weight is 354 g/mol. The minimum atomic E-state index is 0.0239. The van der Waals surface area contributed by atoms with Crippen LogP contribution in [-0.4, -0.2) is 62.3 Å². The number of piperidine rings is 1. The zero-order valence-corrected chi connectivity index (χ0v) is 14.4. The second-order valence-corrected chi connectivity index (χ2v) is 6.26.